The molecule has 11 heteroatoms. The third-order valence-corrected chi connectivity index (χ3v) is 3.36. The number of nitrogens with zero attached hydrogens (tertiary/aromatic N) is 2. The molecule has 9 nitrogen and oxygen atoms in total. The van der Waals surface area contributed by atoms with Crippen molar-refractivity contribution in [3.05, 3.63) is 54.6 Å². The van der Waals surface area contributed by atoms with Crippen LogP contribution in [0.15, 0.2) is 32.9 Å². The molecule has 0 aliphatic heterocycles. The van der Waals surface area contributed by atoms with Crippen molar-refractivity contribution in [3.8, 4) is 0 Å². The number of aromatic amines is 2. The lowest BCUT2D eigenvalue weighted by Crippen LogP contribution is -2.38. The zero-order valence-corrected chi connectivity index (χ0v) is 13.8. The summed E-state index contributed by atoms with van der Waals surface area (Å²) in [6.07, 6.45) is 1.36. The number of hydrogen-bond acceptors (Lipinski definition) is 6. The summed E-state index contributed by atoms with van der Waals surface area (Å²) in [5, 5.41) is 12.8. The average molecular weight is 371 g/mol. The van der Waals surface area contributed by atoms with Crippen LogP contribution in [-0.4, -0.2) is 33.3 Å². The molecule has 1 unspecified atom stereocenters. The first-order valence-corrected chi connectivity index (χ1v) is 7.36. The normalized spacial score (nSPS) is 12.1. The summed E-state index contributed by atoms with van der Waals surface area (Å²) in [6, 6.07) is 3.99. The van der Waals surface area contributed by atoms with E-state index < -0.39 is 23.2 Å². The van der Waals surface area contributed by atoms with Crippen LogP contribution in [0.3, 0.4) is 0 Å². The van der Waals surface area contributed by atoms with E-state index in [1.54, 1.807) is 18.2 Å². The van der Waals surface area contributed by atoms with E-state index >= 15 is 0 Å². The van der Waals surface area contributed by atoms with E-state index in [9.17, 15) is 14.4 Å². The quantitative estimate of drug-likeness (QED) is 0.454. The predicted octanol–water partition coefficient (Wildman–Crippen LogP) is 0.716. The predicted molar refractivity (Wildman–Crippen MR) is 90.8 cm³/mol. The van der Waals surface area contributed by atoms with Gasteiger partial charge in [-0.05, 0) is 19.1 Å². The number of benzene rings is 1. The van der Waals surface area contributed by atoms with Gasteiger partial charge in [-0.2, -0.15) is 5.10 Å². The zero-order valence-electron chi connectivity index (χ0n) is 12.3. The Morgan fingerprint density at radius 1 is 1.38 bits per heavy atom. The Bertz CT molecular complexity index is 892. The first-order chi connectivity index (χ1) is 11.4. The van der Waals surface area contributed by atoms with E-state index in [0.29, 0.717) is 15.6 Å². The highest BCUT2D eigenvalue weighted by Gasteiger charge is 2.14. The van der Waals surface area contributed by atoms with E-state index in [1.807, 2.05) is 4.98 Å². The molecular weight excluding hydrogens is 359 g/mol. The maximum atomic E-state index is 11.9. The number of aromatic nitrogens is 3. The summed E-state index contributed by atoms with van der Waals surface area (Å²) >= 11 is 11.7. The molecule has 24 heavy (non-hydrogen) atoms. The van der Waals surface area contributed by atoms with Gasteiger partial charge in [0, 0.05) is 10.6 Å². The van der Waals surface area contributed by atoms with Gasteiger partial charge in [0.05, 0.1) is 11.2 Å². The van der Waals surface area contributed by atoms with E-state index in [0.717, 1.165) is 0 Å². The second-order valence-electron chi connectivity index (χ2n) is 4.62. The SMILES string of the molecule is CC(Nc1n[nH]c(=O)[nH]c1=O)C(=O)NN=Cc1ccc(Cl)cc1Cl. The fourth-order valence-corrected chi connectivity index (χ4v) is 2.04. The Kier molecular flexibility index (Phi) is 5.72. The number of hydrogen-bond donors (Lipinski definition) is 4. The Balaban J connectivity index is 1.97. The number of halogens is 2. The maximum Gasteiger partial charge on any atom is 0.342 e. The molecule has 2 rings (SSSR count). The highest BCUT2D eigenvalue weighted by molar-refractivity contribution is 6.36. The number of amides is 1. The molecule has 0 saturated carbocycles. The van der Waals surface area contributed by atoms with Crippen LogP contribution in [0, 0.1) is 0 Å². The van der Waals surface area contributed by atoms with Gasteiger partial charge in [0.25, 0.3) is 11.5 Å². The van der Waals surface area contributed by atoms with Gasteiger partial charge in [-0.3, -0.25) is 14.6 Å². The standard InChI is InChI=1S/C13H12Cl2N6O3/c1-6(17-10-12(23)18-13(24)21-19-10)11(22)20-16-5-7-2-3-8(14)4-9(7)15/h2-6H,1H3,(H,17,19)(H,20,22)(H2,18,21,23,24). The van der Waals surface area contributed by atoms with Gasteiger partial charge >= 0.3 is 5.69 Å². The first kappa shape index (κ1) is 17.7. The van der Waals surface area contributed by atoms with Gasteiger partial charge in [-0.15, -0.1) is 5.10 Å². The molecule has 1 atom stereocenters. The minimum absolute atomic E-state index is 0.193. The van der Waals surface area contributed by atoms with Crippen LogP contribution in [0.5, 0.6) is 0 Å². The van der Waals surface area contributed by atoms with Gasteiger partial charge in [0.15, 0.2) is 0 Å². The lowest BCUT2D eigenvalue weighted by atomic mass is 10.2. The molecule has 4 N–H and O–H groups in total. The molecule has 1 aromatic heterocycles. The smallest absolute Gasteiger partial charge is 0.342 e. The van der Waals surface area contributed by atoms with Crippen molar-refractivity contribution in [1.29, 1.82) is 0 Å². The lowest BCUT2D eigenvalue weighted by Gasteiger charge is -2.11. The fraction of sp³-hybridized carbons (Fsp3) is 0.154. The van der Waals surface area contributed by atoms with Gasteiger partial charge in [-0.25, -0.2) is 15.3 Å². The van der Waals surface area contributed by atoms with Crippen LogP contribution < -0.4 is 22.0 Å². The van der Waals surface area contributed by atoms with Gasteiger partial charge in [0.2, 0.25) is 5.82 Å². The van der Waals surface area contributed by atoms with Gasteiger partial charge in [0.1, 0.15) is 6.04 Å². The molecule has 1 aromatic carbocycles. The number of nitrogens with one attached hydrogen (secondary N) is 4. The van der Waals surface area contributed by atoms with Crippen LogP contribution in [0.25, 0.3) is 0 Å². The number of carbonyl (C=O) groups excluding carboxylic acids is 1. The van der Waals surface area contributed by atoms with Crippen molar-refractivity contribution in [2.45, 2.75) is 13.0 Å². The Morgan fingerprint density at radius 2 is 2.12 bits per heavy atom. The van der Waals surface area contributed by atoms with Crippen LogP contribution in [0.2, 0.25) is 10.0 Å². The molecule has 0 radical (unpaired) electrons. The first-order valence-electron chi connectivity index (χ1n) is 6.60. The third kappa shape index (κ3) is 4.67. The minimum atomic E-state index is -0.831. The number of hydrazone groups is 1. The molecule has 0 saturated heterocycles. The molecule has 1 heterocycles. The summed E-state index contributed by atoms with van der Waals surface area (Å²) < 4.78 is 0. The Labute approximate surface area is 145 Å². The molecular formula is C13H12Cl2N6O3. The molecule has 0 fully saturated rings. The van der Waals surface area contributed by atoms with E-state index in [1.165, 1.54) is 13.1 Å². The minimum Gasteiger partial charge on any atom is -0.353 e. The summed E-state index contributed by atoms with van der Waals surface area (Å²) in [7, 11) is 0. The summed E-state index contributed by atoms with van der Waals surface area (Å²) in [5.41, 5.74) is 1.37. The molecule has 1 amide bonds. The van der Waals surface area contributed by atoms with E-state index in [-0.39, 0.29) is 5.82 Å². The highest BCUT2D eigenvalue weighted by atomic mass is 35.5. The Hall–Kier alpha value is -2.65. The van der Waals surface area contributed by atoms with Crippen LogP contribution >= 0.6 is 23.2 Å². The number of carbonyl (C=O) groups is 1. The molecule has 0 aliphatic carbocycles. The molecule has 0 aliphatic rings. The van der Waals surface area contributed by atoms with Crippen molar-refractivity contribution in [2.75, 3.05) is 5.32 Å². The lowest BCUT2D eigenvalue weighted by molar-refractivity contribution is -0.121. The maximum absolute atomic E-state index is 11.9. The van der Waals surface area contributed by atoms with Crippen molar-refractivity contribution < 1.29 is 4.79 Å². The second kappa shape index (κ2) is 7.75. The fourth-order valence-electron chi connectivity index (χ4n) is 1.58. The van der Waals surface area contributed by atoms with Crippen molar-refractivity contribution in [1.82, 2.24) is 20.6 Å². The van der Waals surface area contributed by atoms with Crippen LogP contribution in [-0.2, 0) is 4.79 Å². The number of rotatable bonds is 5. The second-order valence-corrected chi connectivity index (χ2v) is 5.47. The third-order valence-electron chi connectivity index (χ3n) is 2.80. The van der Waals surface area contributed by atoms with Crippen molar-refractivity contribution in [2.24, 2.45) is 5.10 Å². The van der Waals surface area contributed by atoms with Gasteiger partial charge < -0.3 is 5.32 Å². The topological polar surface area (TPSA) is 132 Å². The molecule has 126 valence electrons. The highest BCUT2D eigenvalue weighted by Crippen LogP contribution is 2.19. The molecule has 0 bridgehead atoms. The van der Waals surface area contributed by atoms with Crippen LogP contribution in [0.4, 0.5) is 5.82 Å². The van der Waals surface area contributed by atoms with Crippen molar-refractivity contribution in [3.63, 3.8) is 0 Å². The molecule has 2 aromatic rings. The van der Waals surface area contributed by atoms with Crippen LogP contribution in [0.1, 0.15) is 12.5 Å². The van der Waals surface area contributed by atoms with E-state index in [4.69, 9.17) is 23.2 Å². The van der Waals surface area contributed by atoms with E-state index in [2.05, 4.69) is 26.0 Å². The molecule has 0 spiro atoms. The summed E-state index contributed by atoms with van der Waals surface area (Å²) in [4.78, 5) is 36.2. The average Bonchev–Trinajstić information content (AvgIpc) is 2.52. The van der Waals surface area contributed by atoms with Crippen molar-refractivity contribution >= 4 is 41.1 Å². The van der Waals surface area contributed by atoms with Gasteiger partial charge in [-0.1, -0.05) is 29.3 Å². The summed E-state index contributed by atoms with van der Waals surface area (Å²) in [5.74, 6) is -0.717. The largest absolute Gasteiger partial charge is 0.353 e. The number of H-pyrrole nitrogens is 2. The Morgan fingerprint density at radius 3 is 2.79 bits per heavy atom. The zero-order chi connectivity index (χ0) is 17.7. The summed E-state index contributed by atoms with van der Waals surface area (Å²) in [6.45, 7) is 1.49. The monoisotopic (exact) mass is 370 g/mol. The number of anilines is 1.